The second-order valence-corrected chi connectivity index (χ2v) is 4.88. The van der Waals surface area contributed by atoms with Crippen LogP contribution in [-0.2, 0) is 14.3 Å². The monoisotopic (exact) mass is 217 g/mol. The highest BCUT2D eigenvalue weighted by atomic mass is 16.5. The third-order valence-corrected chi connectivity index (χ3v) is 2.44. The van der Waals surface area contributed by atoms with Gasteiger partial charge in [0.2, 0.25) is 0 Å². The molecule has 1 atom stereocenters. The lowest BCUT2D eigenvalue weighted by molar-refractivity contribution is -0.154. The molecule has 0 rings (SSSR count). The molecule has 0 fully saturated rings. The zero-order valence-corrected chi connectivity index (χ0v) is 10.4. The Morgan fingerprint density at radius 3 is 2.20 bits per heavy atom. The minimum atomic E-state index is -0.613. The molecule has 0 amide bonds. The summed E-state index contributed by atoms with van der Waals surface area (Å²) in [4.78, 5) is 11.3. The Morgan fingerprint density at radius 1 is 1.27 bits per heavy atom. The maximum absolute atomic E-state index is 11.3. The van der Waals surface area contributed by atoms with Crippen LogP contribution >= 0.6 is 0 Å². The van der Waals surface area contributed by atoms with Crippen molar-refractivity contribution in [1.82, 2.24) is 0 Å². The average Bonchev–Trinajstić information content (AvgIpc) is 2.16. The summed E-state index contributed by atoms with van der Waals surface area (Å²) in [5.41, 5.74) is 4.97. The van der Waals surface area contributed by atoms with Gasteiger partial charge in [0.25, 0.3) is 0 Å². The number of nitrogens with two attached hydrogens (primary N) is 1. The van der Waals surface area contributed by atoms with Gasteiger partial charge in [-0.3, -0.25) is 4.79 Å². The van der Waals surface area contributed by atoms with Crippen molar-refractivity contribution in [3.05, 3.63) is 0 Å². The molecular weight excluding hydrogens is 194 g/mol. The van der Waals surface area contributed by atoms with E-state index in [9.17, 15) is 4.79 Å². The molecular formula is C11H23NO3. The van der Waals surface area contributed by atoms with Gasteiger partial charge in [-0.05, 0) is 27.2 Å². The predicted molar refractivity (Wildman–Crippen MR) is 59.5 cm³/mol. The van der Waals surface area contributed by atoms with Gasteiger partial charge in [0.1, 0.15) is 0 Å². The van der Waals surface area contributed by atoms with Crippen LogP contribution in [0.5, 0.6) is 0 Å². The molecule has 0 heterocycles. The summed E-state index contributed by atoms with van der Waals surface area (Å²) in [6.45, 7) is 8.29. The van der Waals surface area contributed by atoms with Crippen LogP contribution < -0.4 is 5.73 Å². The van der Waals surface area contributed by atoms with E-state index in [0.717, 1.165) is 6.42 Å². The molecule has 0 aliphatic rings. The highest BCUT2D eigenvalue weighted by Gasteiger charge is 2.29. The van der Waals surface area contributed by atoms with Crippen molar-refractivity contribution >= 4 is 5.97 Å². The fourth-order valence-corrected chi connectivity index (χ4v) is 0.977. The summed E-state index contributed by atoms with van der Waals surface area (Å²) in [6.07, 6.45) is 0.839. The molecule has 0 bridgehead atoms. The number of carbonyl (C=O) groups is 1. The van der Waals surface area contributed by atoms with Crippen molar-refractivity contribution in [1.29, 1.82) is 0 Å². The predicted octanol–water partition coefficient (Wildman–Crippen LogP) is 1.33. The van der Waals surface area contributed by atoms with Crippen molar-refractivity contribution in [3.63, 3.8) is 0 Å². The van der Waals surface area contributed by atoms with Gasteiger partial charge in [-0.15, -0.1) is 0 Å². The normalized spacial score (nSPS) is 15.9. The fourth-order valence-electron chi connectivity index (χ4n) is 0.977. The van der Waals surface area contributed by atoms with Crippen molar-refractivity contribution < 1.29 is 14.3 Å². The maximum Gasteiger partial charge on any atom is 0.313 e. The van der Waals surface area contributed by atoms with Crippen LogP contribution in [0, 0.1) is 5.41 Å². The third kappa shape index (κ3) is 5.14. The van der Waals surface area contributed by atoms with E-state index in [-0.39, 0.29) is 11.5 Å². The Bertz CT molecular complexity index is 212. The number of rotatable bonds is 6. The molecule has 0 radical (unpaired) electrons. The fraction of sp³-hybridized carbons (Fsp3) is 0.909. The maximum atomic E-state index is 11.3. The number of hydrogen-bond donors (Lipinski definition) is 1. The minimum Gasteiger partial charge on any atom is -0.469 e. The van der Waals surface area contributed by atoms with Crippen LogP contribution in [0.2, 0.25) is 0 Å². The smallest absolute Gasteiger partial charge is 0.313 e. The van der Waals surface area contributed by atoms with Gasteiger partial charge >= 0.3 is 5.97 Å². The van der Waals surface area contributed by atoms with E-state index in [0.29, 0.717) is 13.2 Å². The van der Waals surface area contributed by atoms with Gasteiger partial charge in [0.15, 0.2) is 0 Å². The Hall–Kier alpha value is -0.610. The quantitative estimate of drug-likeness (QED) is 0.682. The van der Waals surface area contributed by atoms with Crippen molar-refractivity contribution in [3.8, 4) is 0 Å². The van der Waals surface area contributed by atoms with Crippen LogP contribution in [0.25, 0.3) is 0 Å². The number of methoxy groups -OCH3 is 1. The minimum absolute atomic E-state index is 0.266. The zero-order chi connectivity index (χ0) is 12.1. The molecule has 0 spiro atoms. The first kappa shape index (κ1) is 14.4. The largest absolute Gasteiger partial charge is 0.469 e. The lowest BCUT2D eigenvalue weighted by Crippen LogP contribution is -2.42. The van der Waals surface area contributed by atoms with Crippen LogP contribution in [-0.4, -0.2) is 31.8 Å². The Balaban J connectivity index is 4.00. The van der Waals surface area contributed by atoms with Gasteiger partial charge in [-0.2, -0.15) is 0 Å². The number of carbonyl (C=O) groups excluding carboxylic acids is 1. The van der Waals surface area contributed by atoms with Crippen LogP contribution in [0.1, 0.15) is 34.1 Å². The van der Waals surface area contributed by atoms with E-state index in [4.69, 9.17) is 10.5 Å². The van der Waals surface area contributed by atoms with E-state index < -0.39 is 5.41 Å². The summed E-state index contributed by atoms with van der Waals surface area (Å²) in [5.74, 6) is -0.266. The zero-order valence-electron chi connectivity index (χ0n) is 10.4. The molecule has 90 valence electrons. The summed E-state index contributed by atoms with van der Waals surface area (Å²) in [5, 5.41) is 0. The summed E-state index contributed by atoms with van der Waals surface area (Å²) in [7, 11) is 1.38. The lowest BCUT2D eigenvalue weighted by atomic mass is 9.95. The molecule has 0 aromatic carbocycles. The highest BCUT2D eigenvalue weighted by Crippen LogP contribution is 2.18. The summed E-state index contributed by atoms with van der Waals surface area (Å²) >= 11 is 0. The second kappa shape index (κ2) is 5.47. The van der Waals surface area contributed by atoms with E-state index in [1.165, 1.54) is 7.11 Å². The van der Waals surface area contributed by atoms with Crippen LogP contribution in [0.15, 0.2) is 0 Å². The first-order valence-electron chi connectivity index (χ1n) is 5.20. The van der Waals surface area contributed by atoms with Gasteiger partial charge in [0, 0.05) is 5.54 Å². The van der Waals surface area contributed by atoms with Gasteiger partial charge in [-0.1, -0.05) is 6.92 Å². The Morgan fingerprint density at radius 2 is 1.80 bits per heavy atom. The van der Waals surface area contributed by atoms with Gasteiger partial charge in [-0.25, -0.2) is 0 Å². The van der Waals surface area contributed by atoms with Crippen molar-refractivity contribution in [2.75, 3.05) is 20.3 Å². The molecule has 2 N–H and O–H groups in total. The van der Waals surface area contributed by atoms with Gasteiger partial charge < -0.3 is 15.2 Å². The summed E-state index contributed by atoms with van der Waals surface area (Å²) in [6, 6.07) is 0. The Labute approximate surface area is 92.1 Å². The SMILES string of the molecule is CCC(C)(N)COCC(C)(C)C(=O)OC. The first-order chi connectivity index (χ1) is 6.75. The molecule has 1 unspecified atom stereocenters. The molecule has 4 heteroatoms. The van der Waals surface area contributed by atoms with E-state index >= 15 is 0 Å². The summed E-state index contributed by atoms with van der Waals surface area (Å²) < 4.78 is 10.1. The van der Waals surface area contributed by atoms with Crippen LogP contribution in [0.4, 0.5) is 0 Å². The van der Waals surface area contributed by atoms with E-state index in [1.807, 2.05) is 13.8 Å². The molecule has 0 saturated carbocycles. The third-order valence-electron chi connectivity index (χ3n) is 2.44. The number of esters is 1. The van der Waals surface area contributed by atoms with Crippen molar-refractivity contribution in [2.45, 2.75) is 39.7 Å². The molecule has 0 aliphatic heterocycles. The molecule has 0 aromatic rings. The van der Waals surface area contributed by atoms with E-state index in [1.54, 1.807) is 13.8 Å². The molecule has 0 saturated heterocycles. The lowest BCUT2D eigenvalue weighted by Gasteiger charge is -2.26. The number of ether oxygens (including phenoxy) is 2. The van der Waals surface area contributed by atoms with Crippen molar-refractivity contribution in [2.24, 2.45) is 11.1 Å². The molecule has 0 aromatic heterocycles. The Kier molecular flexibility index (Phi) is 5.24. The van der Waals surface area contributed by atoms with E-state index in [2.05, 4.69) is 4.74 Å². The average molecular weight is 217 g/mol. The topological polar surface area (TPSA) is 61.5 Å². The second-order valence-electron chi connectivity index (χ2n) is 4.88. The molecule has 4 nitrogen and oxygen atoms in total. The van der Waals surface area contributed by atoms with Crippen LogP contribution in [0.3, 0.4) is 0 Å². The molecule has 15 heavy (non-hydrogen) atoms. The number of hydrogen-bond acceptors (Lipinski definition) is 4. The standard InChI is InChI=1S/C11H23NO3/c1-6-11(4,12)8-15-7-10(2,3)9(13)14-5/h6-8,12H2,1-5H3. The molecule has 0 aliphatic carbocycles. The first-order valence-corrected chi connectivity index (χ1v) is 5.20. The van der Waals surface area contributed by atoms with Gasteiger partial charge in [0.05, 0.1) is 25.7 Å². The highest BCUT2D eigenvalue weighted by molar-refractivity contribution is 5.75.